The SMILES string of the molecule is CSNc1nn(CC(F)(F)F)c2c(-c3ccc(C#CC(C)(C)S(C)=O)nc3C(Cc3cc(F)cc(F)c3)NC(=O)Cn3nc(C(F)(F)F)c4c3C(C)(F)C3CC43)ccc(Cl)c12. The van der Waals surface area contributed by atoms with Crippen molar-refractivity contribution in [2.75, 3.05) is 17.2 Å². The van der Waals surface area contributed by atoms with E-state index in [-0.39, 0.29) is 67.5 Å². The van der Waals surface area contributed by atoms with E-state index in [0.29, 0.717) is 15.4 Å². The van der Waals surface area contributed by atoms with Crippen molar-refractivity contribution in [1.29, 1.82) is 0 Å². The van der Waals surface area contributed by atoms with Gasteiger partial charge in [0, 0.05) is 52.0 Å². The Bertz CT molecular complexity index is 2650. The Balaban J connectivity index is 1.43. The topological polar surface area (TPSA) is 107 Å². The molecule has 5 atom stereocenters. The van der Waals surface area contributed by atoms with Crippen molar-refractivity contribution >= 4 is 57.0 Å². The molecule has 3 heterocycles. The second-order valence-corrected chi connectivity index (χ2v) is 18.4. The van der Waals surface area contributed by atoms with Crippen molar-refractivity contribution in [3.05, 3.63) is 93.0 Å². The van der Waals surface area contributed by atoms with Crippen molar-refractivity contribution in [1.82, 2.24) is 29.9 Å². The molecular formula is C40H35ClF9N7O2S2. The lowest BCUT2D eigenvalue weighted by Crippen LogP contribution is -2.35. The Morgan fingerprint density at radius 1 is 1.05 bits per heavy atom. The summed E-state index contributed by atoms with van der Waals surface area (Å²) in [6.45, 7) is 1.87. The monoisotopic (exact) mass is 915 g/mol. The van der Waals surface area contributed by atoms with Crippen molar-refractivity contribution in [3.8, 4) is 23.0 Å². The number of carbonyl (C=O) groups is 1. The van der Waals surface area contributed by atoms with E-state index in [9.17, 15) is 44.1 Å². The second-order valence-electron chi connectivity index (χ2n) is 15.5. The van der Waals surface area contributed by atoms with E-state index >= 15 is 4.39 Å². The molecule has 2 aliphatic carbocycles. The standard InChI is InChI=1S/C40H35ClF9N7O2S2/c1-37(2,61(5)59)11-10-22-6-7-23(24-8-9-27(41)31-33(24)57(18-39(45,46)47)54-36(31)55-60-4)32(51-22)28(14-19-12-20(42)15-21(43)13-19)52-29(58)17-56-35-30(34(53-56)40(48,49)50)25-16-26(25)38(35,3)44/h6-9,12-13,15,25-26,28H,14,16-18H2,1-5H3,(H,52,58)(H,54,55). The van der Waals surface area contributed by atoms with Crippen molar-refractivity contribution in [2.24, 2.45) is 5.92 Å². The second kappa shape index (κ2) is 15.9. The maximum Gasteiger partial charge on any atom is 0.435 e. The third-order valence-corrected chi connectivity index (χ3v) is 12.9. The van der Waals surface area contributed by atoms with Crippen LogP contribution in [0.5, 0.6) is 0 Å². The summed E-state index contributed by atoms with van der Waals surface area (Å²) < 4.78 is 146. The van der Waals surface area contributed by atoms with Crippen LogP contribution < -0.4 is 10.0 Å². The van der Waals surface area contributed by atoms with Gasteiger partial charge in [0.2, 0.25) is 5.91 Å². The molecule has 0 bridgehead atoms. The molecule has 5 aromatic rings. The number of anilines is 1. The van der Waals surface area contributed by atoms with Crippen LogP contribution in [0.1, 0.15) is 73.1 Å². The average Bonchev–Trinajstić information content (AvgIpc) is 3.66. The van der Waals surface area contributed by atoms with Gasteiger partial charge in [-0.15, -0.1) is 0 Å². The molecular weight excluding hydrogens is 881 g/mol. The number of pyridine rings is 1. The first-order chi connectivity index (χ1) is 28.4. The predicted octanol–water partition coefficient (Wildman–Crippen LogP) is 9.41. The molecule has 2 aromatic carbocycles. The van der Waals surface area contributed by atoms with Gasteiger partial charge in [0.15, 0.2) is 17.2 Å². The highest BCUT2D eigenvalue weighted by molar-refractivity contribution is 7.99. The highest BCUT2D eigenvalue weighted by atomic mass is 35.5. The van der Waals surface area contributed by atoms with Gasteiger partial charge in [0.1, 0.15) is 35.2 Å². The molecule has 0 saturated heterocycles. The minimum absolute atomic E-state index is 0.00652. The number of carbonyl (C=O) groups excluding carboxylic acids is 1. The number of fused-ring (bicyclic) bond motifs is 4. The van der Waals surface area contributed by atoms with Gasteiger partial charge in [-0.1, -0.05) is 35.5 Å². The quantitative estimate of drug-likeness (QED) is 0.0773. The molecule has 9 nitrogen and oxygen atoms in total. The largest absolute Gasteiger partial charge is 0.435 e. The number of hydrogen-bond acceptors (Lipinski definition) is 7. The van der Waals surface area contributed by atoms with Crippen LogP contribution in [0.25, 0.3) is 22.0 Å². The molecule has 61 heavy (non-hydrogen) atoms. The van der Waals surface area contributed by atoms with Gasteiger partial charge in [-0.25, -0.2) is 18.2 Å². The molecule has 324 valence electrons. The van der Waals surface area contributed by atoms with E-state index in [1.54, 1.807) is 20.1 Å². The number of halogens is 10. The zero-order chi connectivity index (χ0) is 44.6. The Morgan fingerprint density at radius 3 is 2.34 bits per heavy atom. The summed E-state index contributed by atoms with van der Waals surface area (Å²) >= 11 is 7.62. The number of rotatable bonds is 11. The highest BCUT2D eigenvalue weighted by Crippen LogP contribution is 2.67. The molecule has 1 fully saturated rings. The van der Waals surface area contributed by atoms with Gasteiger partial charge in [0.05, 0.1) is 33.4 Å². The predicted molar refractivity (Wildman–Crippen MR) is 214 cm³/mol. The molecule has 2 aliphatic rings. The Kier molecular flexibility index (Phi) is 11.5. The summed E-state index contributed by atoms with van der Waals surface area (Å²) in [5.74, 6) is 1.26. The van der Waals surface area contributed by atoms with Crippen LogP contribution in [0.2, 0.25) is 5.02 Å². The van der Waals surface area contributed by atoms with Gasteiger partial charge >= 0.3 is 12.4 Å². The van der Waals surface area contributed by atoms with Crippen LogP contribution in [0.3, 0.4) is 0 Å². The van der Waals surface area contributed by atoms with Crippen molar-refractivity contribution in [2.45, 2.75) is 81.4 Å². The normalized spacial score (nSPS) is 19.5. The lowest BCUT2D eigenvalue weighted by Gasteiger charge is -2.24. The summed E-state index contributed by atoms with van der Waals surface area (Å²) in [6, 6.07) is 6.79. The number of alkyl halides is 7. The van der Waals surface area contributed by atoms with E-state index < -0.39 is 94.2 Å². The summed E-state index contributed by atoms with van der Waals surface area (Å²) in [7, 11) is -1.45. The van der Waals surface area contributed by atoms with E-state index in [1.807, 2.05) is 0 Å². The minimum Gasteiger partial charge on any atom is -0.346 e. The van der Waals surface area contributed by atoms with Crippen LogP contribution in [0, 0.1) is 29.4 Å². The zero-order valence-electron chi connectivity index (χ0n) is 32.8. The fraction of sp³-hybridized carbons (Fsp3) is 0.400. The highest BCUT2D eigenvalue weighted by Gasteiger charge is 2.65. The molecule has 3 aromatic heterocycles. The number of nitrogens with zero attached hydrogens (tertiary/aromatic N) is 5. The fourth-order valence-electron chi connectivity index (χ4n) is 7.79. The van der Waals surface area contributed by atoms with Crippen molar-refractivity contribution < 1.29 is 48.5 Å². The number of amides is 1. The summed E-state index contributed by atoms with van der Waals surface area (Å²) in [4.78, 5) is 18.8. The summed E-state index contributed by atoms with van der Waals surface area (Å²) in [5, 5.41) is 10.6. The van der Waals surface area contributed by atoms with Gasteiger partial charge in [-0.2, -0.15) is 36.5 Å². The number of aromatic nitrogens is 5. The number of benzene rings is 2. The van der Waals surface area contributed by atoms with Crippen LogP contribution in [-0.4, -0.2) is 58.1 Å². The fourth-order valence-corrected chi connectivity index (χ4v) is 8.56. The maximum absolute atomic E-state index is 16.1. The molecule has 1 amide bonds. The molecule has 5 unspecified atom stereocenters. The van der Waals surface area contributed by atoms with Crippen LogP contribution in [0.4, 0.5) is 45.3 Å². The molecule has 0 spiro atoms. The van der Waals surface area contributed by atoms with Gasteiger partial charge in [-0.3, -0.25) is 18.4 Å². The molecule has 0 radical (unpaired) electrons. The first-order valence-electron chi connectivity index (χ1n) is 18.4. The van der Waals surface area contributed by atoms with Gasteiger partial charge in [0.25, 0.3) is 0 Å². The molecule has 21 heteroatoms. The third kappa shape index (κ3) is 8.83. The van der Waals surface area contributed by atoms with E-state index in [4.69, 9.17) is 16.6 Å². The minimum atomic E-state index is -4.96. The van der Waals surface area contributed by atoms with Gasteiger partial charge < -0.3 is 10.0 Å². The summed E-state index contributed by atoms with van der Waals surface area (Å²) in [5.41, 5.74) is -4.33. The lowest BCUT2D eigenvalue weighted by atomic mass is 9.93. The molecule has 7 rings (SSSR count). The van der Waals surface area contributed by atoms with Crippen LogP contribution in [0.15, 0.2) is 42.5 Å². The van der Waals surface area contributed by atoms with Crippen LogP contribution >= 0.6 is 23.5 Å². The van der Waals surface area contributed by atoms with Crippen LogP contribution in [-0.2, 0) is 46.9 Å². The Hall–Kier alpha value is -4.74. The lowest BCUT2D eigenvalue weighted by molar-refractivity contribution is -0.142. The third-order valence-electron chi connectivity index (χ3n) is 10.7. The number of hydrogen-bond donors (Lipinski definition) is 2. The van der Waals surface area contributed by atoms with Gasteiger partial charge in [-0.05, 0) is 81.3 Å². The Labute approximate surface area is 354 Å². The first-order valence-corrected chi connectivity index (χ1v) is 21.6. The number of nitrogens with one attached hydrogen (secondary N) is 2. The van der Waals surface area contributed by atoms with Crippen molar-refractivity contribution in [3.63, 3.8) is 0 Å². The smallest absolute Gasteiger partial charge is 0.346 e. The van der Waals surface area contributed by atoms with E-state index in [0.717, 1.165) is 31.0 Å². The molecule has 2 N–H and O–H groups in total. The zero-order valence-corrected chi connectivity index (χ0v) is 35.1. The summed E-state index contributed by atoms with van der Waals surface area (Å²) in [6.07, 6.45) is -6.93. The average molecular weight is 916 g/mol. The maximum atomic E-state index is 16.1. The van der Waals surface area contributed by atoms with E-state index in [1.165, 1.54) is 30.5 Å². The molecule has 0 aliphatic heterocycles. The molecule has 1 saturated carbocycles. The Morgan fingerprint density at radius 2 is 1.72 bits per heavy atom. The first kappa shape index (κ1) is 44.3. The van der Waals surface area contributed by atoms with E-state index in [2.05, 4.69) is 32.1 Å².